The van der Waals surface area contributed by atoms with Gasteiger partial charge in [-0.15, -0.1) is 0 Å². The summed E-state index contributed by atoms with van der Waals surface area (Å²) in [6.07, 6.45) is 4.29. The van der Waals surface area contributed by atoms with Gasteiger partial charge in [0.15, 0.2) is 0 Å². The minimum atomic E-state index is -0.419. The van der Waals surface area contributed by atoms with Gasteiger partial charge in [-0.1, -0.05) is 55.3 Å². The zero-order valence-corrected chi connectivity index (χ0v) is 17.0. The molecule has 2 aliphatic rings. The Morgan fingerprint density at radius 2 is 1.57 bits per heavy atom. The van der Waals surface area contributed by atoms with Crippen molar-refractivity contribution in [1.29, 1.82) is 0 Å². The van der Waals surface area contributed by atoms with Gasteiger partial charge in [0.1, 0.15) is 0 Å². The van der Waals surface area contributed by atoms with E-state index in [1.807, 2.05) is 42.5 Å². The van der Waals surface area contributed by atoms with Crippen molar-refractivity contribution in [3.8, 4) is 0 Å². The molecule has 2 fully saturated rings. The molecule has 2 aromatic carbocycles. The van der Waals surface area contributed by atoms with E-state index in [2.05, 4.69) is 5.32 Å². The summed E-state index contributed by atoms with van der Waals surface area (Å²) in [5, 5.41) is 2.91. The van der Waals surface area contributed by atoms with Gasteiger partial charge in [0.2, 0.25) is 0 Å². The van der Waals surface area contributed by atoms with Crippen LogP contribution in [-0.4, -0.2) is 46.7 Å². The first kappa shape index (κ1) is 20.1. The van der Waals surface area contributed by atoms with Crippen LogP contribution in [0.15, 0.2) is 54.6 Å². The van der Waals surface area contributed by atoms with E-state index >= 15 is 0 Å². The fourth-order valence-corrected chi connectivity index (χ4v) is 4.27. The fourth-order valence-electron chi connectivity index (χ4n) is 4.27. The van der Waals surface area contributed by atoms with E-state index < -0.39 is 5.91 Å². The molecule has 0 radical (unpaired) electrons. The summed E-state index contributed by atoms with van der Waals surface area (Å²) in [7, 11) is 0. The molecule has 0 spiro atoms. The Labute approximate surface area is 176 Å². The maximum absolute atomic E-state index is 12.6. The van der Waals surface area contributed by atoms with Crippen LogP contribution in [0.1, 0.15) is 47.2 Å². The first-order valence-corrected chi connectivity index (χ1v) is 10.6. The second kappa shape index (κ2) is 9.11. The molecular formula is C24H27N3O3. The highest BCUT2D eigenvalue weighted by atomic mass is 16.2. The Morgan fingerprint density at radius 3 is 2.27 bits per heavy atom. The number of hydrogen-bond acceptors (Lipinski definition) is 3. The molecule has 0 bridgehead atoms. The first-order chi connectivity index (χ1) is 14.6. The quantitative estimate of drug-likeness (QED) is 0.752. The molecule has 3 amide bonds. The number of carbonyl (C=O) groups is 3. The van der Waals surface area contributed by atoms with Gasteiger partial charge in [-0.2, -0.15) is 0 Å². The van der Waals surface area contributed by atoms with E-state index in [0.29, 0.717) is 31.7 Å². The van der Waals surface area contributed by atoms with Gasteiger partial charge in [0, 0.05) is 37.8 Å². The number of amides is 3. The lowest BCUT2D eigenvalue weighted by Crippen LogP contribution is -2.56. The van der Waals surface area contributed by atoms with Gasteiger partial charge in [-0.3, -0.25) is 14.4 Å². The molecule has 6 heteroatoms. The van der Waals surface area contributed by atoms with Gasteiger partial charge < -0.3 is 15.1 Å². The molecule has 2 aromatic rings. The van der Waals surface area contributed by atoms with Gasteiger partial charge in [-0.25, -0.2) is 0 Å². The summed E-state index contributed by atoms with van der Waals surface area (Å²) >= 11 is 0. The van der Waals surface area contributed by atoms with Crippen molar-refractivity contribution in [3.05, 3.63) is 71.3 Å². The number of nitrogens with one attached hydrogen (secondary N) is 1. The third-order valence-corrected chi connectivity index (χ3v) is 5.99. The van der Waals surface area contributed by atoms with Crippen LogP contribution < -0.4 is 5.32 Å². The second-order valence-electron chi connectivity index (χ2n) is 8.03. The van der Waals surface area contributed by atoms with Crippen LogP contribution >= 0.6 is 0 Å². The molecule has 1 aliphatic heterocycles. The molecule has 0 atom stereocenters. The van der Waals surface area contributed by atoms with Crippen molar-refractivity contribution < 1.29 is 14.4 Å². The molecule has 1 N–H and O–H groups in total. The van der Waals surface area contributed by atoms with Crippen LogP contribution in [0.2, 0.25) is 0 Å². The maximum atomic E-state index is 12.6. The Balaban J connectivity index is 1.31. The van der Waals surface area contributed by atoms with E-state index in [1.54, 1.807) is 21.9 Å². The average molecular weight is 405 g/mol. The van der Waals surface area contributed by atoms with Crippen molar-refractivity contribution in [1.82, 2.24) is 15.1 Å². The van der Waals surface area contributed by atoms with E-state index in [9.17, 15) is 14.4 Å². The van der Waals surface area contributed by atoms with Crippen molar-refractivity contribution >= 4 is 17.7 Å². The van der Waals surface area contributed by atoms with Crippen LogP contribution in [0.3, 0.4) is 0 Å². The van der Waals surface area contributed by atoms with Crippen LogP contribution in [0.5, 0.6) is 0 Å². The van der Waals surface area contributed by atoms with Crippen LogP contribution in [0.25, 0.3) is 0 Å². The summed E-state index contributed by atoms with van der Waals surface area (Å²) < 4.78 is 0. The molecule has 1 saturated carbocycles. The average Bonchev–Trinajstić information content (AvgIpc) is 3.31. The highest BCUT2D eigenvalue weighted by Crippen LogP contribution is 2.25. The Bertz CT molecular complexity index is 905. The van der Waals surface area contributed by atoms with Gasteiger partial charge in [0.25, 0.3) is 5.91 Å². The number of hydrogen-bond donors (Lipinski definition) is 1. The molecular weight excluding hydrogens is 378 g/mol. The molecule has 156 valence electrons. The predicted molar refractivity (Wildman–Crippen MR) is 113 cm³/mol. The minimum Gasteiger partial charge on any atom is -0.348 e. The van der Waals surface area contributed by atoms with Crippen molar-refractivity contribution in [2.24, 2.45) is 0 Å². The first-order valence-electron chi connectivity index (χ1n) is 10.6. The highest BCUT2D eigenvalue weighted by Gasteiger charge is 2.37. The molecule has 1 saturated heterocycles. The number of rotatable bonds is 6. The van der Waals surface area contributed by atoms with Crippen molar-refractivity contribution in [2.75, 3.05) is 13.1 Å². The minimum absolute atomic E-state index is 0.137. The van der Waals surface area contributed by atoms with Crippen molar-refractivity contribution in [2.45, 2.75) is 44.8 Å². The molecule has 6 nitrogen and oxygen atoms in total. The zero-order chi connectivity index (χ0) is 20.9. The summed E-state index contributed by atoms with van der Waals surface area (Å²) in [5.74, 6) is -0.926. The summed E-state index contributed by atoms with van der Waals surface area (Å²) in [4.78, 5) is 40.8. The van der Waals surface area contributed by atoms with E-state index in [1.165, 1.54) is 0 Å². The monoisotopic (exact) mass is 405 g/mol. The van der Waals surface area contributed by atoms with Crippen LogP contribution in [-0.2, 0) is 22.7 Å². The second-order valence-corrected chi connectivity index (χ2v) is 8.03. The summed E-state index contributed by atoms with van der Waals surface area (Å²) in [5.41, 5.74) is 2.52. The van der Waals surface area contributed by atoms with Gasteiger partial charge in [-0.05, 0) is 36.1 Å². The van der Waals surface area contributed by atoms with Crippen LogP contribution in [0, 0.1) is 0 Å². The lowest BCUT2D eigenvalue weighted by Gasteiger charge is -2.37. The van der Waals surface area contributed by atoms with Gasteiger partial charge >= 0.3 is 11.8 Å². The molecule has 1 heterocycles. The molecule has 0 aromatic heterocycles. The lowest BCUT2D eigenvalue weighted by molar-refractivity contribution is -0.158. The Morgan fingerprint density at radius 1 is 0.867 bits per heavy atom. The van der Waals surface area contributed by atoms with E-state index in [4.69, 9.17) is 0 Å². The number of nitrogens with zero attached hydrogens (tertiary/aromatic N) is 2. The highest BCUT2D eigenvalue weighted by molar-refractivity contribution is 6.35. The van der Waals surface area contributed by atoms with E-state index in [0.717, 1.165) is 36.8 Å². The topological polar surface area (TPSA) is 69.7 Å². The third-order valence-electron chi connectivity index (χ3n) is 5.99. The fraction of sp³-hybridized carbons (Fsp3) is 0.375. The maximum Gasteiger partial charge on any atom is 0.312 e. The summed E-state index contributed by atoms with van der Waals surface area (Å²) in [6, 6.07) is 17.2. The standard InChI is InChI=1S/C24H27N3O3/c28-22(25-16-18-6-2-1-3-7-18)20-12-10-19(11-13-20)17-26-14-15-27(24(30)23(26)29)21-8-4-5-9-21/h1-3,6-7,10-13,21H,4-5,8-9,14-17H2,(H,25,28). The zero-order valence-electron chi connectivity index (χ0n) is 17.0. The lowest BCUT2D eigenvalue weighted by atomic mass is 10.1. The number of piperazine rings is 1. The smallest absolute Gasteiger partial charge is 0.312 e. The molecule has 0 unspecified atom stereocenters. The SMILES string of the molecule is O=C(NCc1ccccc1)c1ccc(CN2CCN(C3CCCC3)C(=O)C2=O)cc1. The normalized spacial score (nSPS) is 17.5. The number of benzene rings is 2. The Kier molecular flexibility index (Phi) is 6.12. The van der Waals surface area contributed by atoms with Gasteiger partial charge in [0.05, 0.1) is 0 Å². The van der Waals surface area contributed by atoms with Crippen molar-refractivity contribution in [3.63, 3.8) is 0 Å². The number of carbonyl (C=O) groups excluding carboxylic acids is 3. The predicted octanol–water partition coefficient (Wildman–Crippen LogP) is 2.73. The summed E-state index contributed by atoms with van der Waals surface area (Å²) in [6.45, 7) is 2.02. The third kappa shape index (κ3) is 4.53. The molecule has 1 aliphatic carbocycles. The molecule has 4 rings (SSSR count). The molecule has 30 heavy (non-hydrogen) atoms. The van der Waals surface area contributed by atoms with Crippen LogP contribution in [0.4, 0.5) is 0 Å². The largest absolute Gasteiger partial charge is 0.348 e. The Hall–Kier alpha value is -3.15. The van der Waals surface area contributed by atoms with E-state index in [-0.39, 0.29) is 17.9 Å².